The van der Waals surface area contributed by atoms with Gasteiger partial charge in [0.25, 0.3) is 0 Å². The molecule has 0 aliphatic carbocycles. The zero-order chi connectivity index (χ0) is 18.2. The van der Waals surface area contributed by atoms with Crippen molar-refractivity contribution < 1.29 is 4.79 Å². The Labute approximate surface area is 152 Å². The van der Waals surface area contributed by atoms with Gasteiger partial charge in [-0.15, -0.1) is 5.10 Å². The predicted octanol–water partition coefficient (Wildman–Crippen LogP) is 2.68. The third-order valence-electron chi connectivity index (χ3n) is 3.77. The molecule has 2 N–H and O–H groups in total. The Hall–Kier alpha value is -3.59. The summed E-state index contributed by atoms with van der Waals surface area (Å²) in [6.07, 6.45) is 3.41. The van der Waals surface area contributed by atoms with Gasteiger partial charge in [0.1, 0.15) is 0 Å². The number of hydrogen-bond donors (Lipinski definition) is 2. The fourth-order valence-corrected chi connectivity index (χ4v) is 2.38. The highest BCUT2D eigenvalue weighted by Gasteiger charge is 2.09. The van der Waals surface area contributed by atoms with Gasteiger partial charge < -0.3 is 10.6 Å². The lowest BCUT2D eigenvalue weighted by Gasteiger charge is -2.14. The van der Waals surface area contributed by atoms with Crippen LogP contribution in [-0.4, -0.2) is 27.6 Å². The summed E-state index contributed by atoms with van der Waals surface area (Å²) in [5.74, 6) is 5.93. The second-order valence-corrected chi connectivity index (χ2v) is 5.66. The van der Waals surface area contributed by atoms with Crippen molar-refractivity contribution in [2.75, 3.05) is 6.54 Å². The van der Waals surface area contributed by atoms with E-state index in [2.05, 4.69) is 32.8 Å². The van der Waals surface area contributed by atoms with Gasteiger partial charge in [-0.2, -0.15) is 0 Å². The number of nitrogens with zero attached hydrogens (tertiary/aromatic N) is 3. The Morgan fingerprint density at radius 3 is 2.62 bits per heavy atom. The van der Waals surface area contributed by atoms with Crippen molar-refractivity contribution in [3.05, 3.63) is 78.1 Å². The van der Waals surface area contributed by atoms with Crippen molar-refractivity contribution in [1.29, 1.82) is 0 Å². The second kappa shape index (κ2) is 8.49. The van der Waals surface area contributed by atoms with Crippen molar-refractivity contribution in [3.8, 4) is 17.5 Å². The summed E-state index contributed by atoms with van der Waals surface area (Å²) in [5.41, 5.74) is 2.84. The summed E-state index contributed by atoms with van der Waals surface area (Å²) in [4.78, 5) is 12.0. The summed E-state index contributed by atoms with van der Waals surface area (Å²) >= 11 is 0. The van der Waals surface area contributed by atoms with Gasteiger partial charge in [0.05, 0.1) is 30.7 Å². The Bertz CT molecular complexity index is 893. The summed E-state index contributed by atoms with van der Waals surface area (Å²) < 4.78 is 1.68. The van der Waals surface area contributed by atoms with E-state index in [0.717, 1.165) is 16.8 Å². The SMILES string of the molecule is C[C@H](NC(=O)NCC#Cc1ccccc1)c1ccc(-n2ccnn2)cc1. The van der Waals surface area contributed by atoms with Crippen LogP contribution in [0, 0.1) is 11.8 Å². The third-order valence-corrected chi connectivity index (χ3v) is 3.77. The van der Waals surface area contributed by atoms with Gasteiger partial charge in [-0.25, -0.2) is 9.48 Å². The Morgan fingerprint density at radius 1 is 1.15 bits per heavy atom. The van der Waals surface area contributed by atoms with Crippen molar-refractivity contribution in [3.63, 3.8) is 0 Å². The fraction of sp³-hybridized carbons (Fsp3) is 0.150. The van der Waals surface area contributed by atoms with Crippen LogP contribution in [0.25, 0.3) is 5.69 Å². The van der Waals surface area contributed by atoms with Gasteiger partial charge >= 0.3 is 6.03 Å². The normalized spacial score (nSPS) is 11.1. The maximum absolute atomic E-state index is 12.0. The molecule has 0 aliphatic heterocycles. The van der Waals surface area contributed by atoms with Crippen molar-refractivity contribution in [2.24, 2.45) is 0 Å². The summed E-state index contributed by atoms with van der Waals surface area (Å²) in [6.45, 7) is 2.22. The minimum Gasteiger partial charge on any atom is -0.332 e. The highest BCUT2D eigenvalue weighted by Crippen LogP contribution is 2.14. The number of urea groups is 1. The Morgan fingerprint density at radius 2 is 1.92 bits per heavy atom. The number of carbonyl (C=O) groups excluding carboxylic acids is 1. The summed E-state index contributed by atoms with van der Waals surface area (Å²) in [6, 6.07) is 17.1. The molecule has 1 heterocycles. The lowest BCUT2D eigenvalue weighted by molar-refractivity contribution is 0.239. The molecule has 0 fully saturated rings. The molecule has 2 aromatic carbocycles. The molecule has 0 radical (unpaired) electrons. The topological polar surface area (TPSA) is 71.8 Å². The number of aromatic nitrogens is 3. The van der Waals surface area contributed by atoms with E-state index in [1.54, 1.807) is 17.1 Å². The molecule has 26 heavy (non-hydrogen) atoms. The van der Waals surface area contributed by atoms with Crippen LogP contribution in [0.3, 0.4) is 0 Å². The minimum absolute atomic E-state index is 0.123. The van der Waals surface area contributed by atoms with Gasteiger partial charge in [-0.05, 0) is 36.8 Å². The molecule has 0 bridgehead atoms. The van der Waals surface area contributed by atoms with Crippen LogP contribution in [-0.2, 0) is 0 Å². The molecular formula is C20H19N5O. The lowest BCUT2D eigenvalue weighted by Crippen LogP contribution is -2.37. The number of hydrogen-bond acceptors (Lipinski definition) is 3. The molecule has 3 aromatic rings. The average Bonchev–Trinajstić information content (AvgIpc) is 3.21. The van der Waals surface area contributed by atoms with Crippen LogP contribution in [0.15, 0.2) is 67.0 Å². The monoisotopic (exact) mass is 345 g/mol. The third kappa shape index (κ3) is 4.71. The molecule has 6 heteroatoms. The molecule has 0 saturated carbocycles. The number of rotatable bonds is 4. The van der Waals surface area contributed by atoms with Crippen LogP contribution in [0.5, 0.6) is 0 Å². The van der Waals surface area contributed by atoms with Crippen LogP contribution in [0.1, 0.15) is 24.1 Å². The number of nitrogens with one attached hydrogen (secondary N) is 2. The van der Waals surface area contributed by atoms with E-state index in [0.29, 0.717) is 6.54 Å². The number of benzene rings is 2. The molecule has 6 nitrogen and oxygen atoms in total. The average molecular weight is 345 g/mol. The molecule has 0 unspecified atom stereocenters. The first-order valence-electron chi connectivity index (χ1n) is 8.27. The van der Waals surface area contributed by atoms with E-state index in [1.807, 2.05) is 61.5 Å². The molecule has 1 atom stereocenters. The Balaban J connectivity index is 1.49. The summed E-state index contributed by atoms with van der Waals surface area (Å²) in [5, 5.41) is 13.4. The maximum Gasteiger partial charge on any atom is 0.316 e. The quantitative estimate of drug-likeness (QED) is 0.714. The second-order valence-electron chi connectivity index (χ2n) is 5.66. The van der Waals surface area contributed by atoms with E-state index in [1.165, 1.54) is 0 Å². The van der Waals surface area contributed by atoms with Gasteiger partial charge in [0, 0.05) is 5.56 Å². The molecule has 130 valence electrons. The van der Waals surface area contributed by atoms with E-state index in [-0.39, 0.29) is 12.1 Å². The smallest absolute Gasteiger partial charge is 0.316 e. The standard InChI is InChI=1S/C20H19N5O/c1-16(18-9-11-19(12-10-18)25-15-14-22-24-25)23-20(26)21-13-5-8-17-6-3-2-4-7-17/h2-4,6-7,9-12,14-16H,13H2,1H3,(H2,21,23,26)/t16-/m0/s1. The zero-order valence-corrected chi connectivity index (χ0v) is 14.4. The first-order chi connectivity index (χ1) is 12.7. The van der Waals surface area contributed by atoms with Crippen molar-refractivity contribution >= 4 is 6.03 Å². The fourth-order valence-electron chi connectivity index (χ4n) is 2.38. The van der Waals surface area contributed by atoms with Crippen LogP contribution < -0.4 is 10.6 Å². The molecule has 0 aliphatic rings. The van der Waals surface area contributed by atoms with Gasteiger partial charge in [0.2, 0.25) is 0 Å². The lowest BCUT2D eigenvalue weighted by atomic mass is 10.1. The largest absolute Gasteiger partial charge is 0.332 e. The van der Waals surface area contributed by atoms with Crippen molar-refractivity contribution in [2.45, 2.75) is 13.0 Å². The number of carbonyl (C=O) groups is 1. The van der Waals surface area contributed by atoms with E-state index in [4.69, 9.17) is 0 Å². The predicted molar refractivity (Wildman–Crippen MR) is 99.6 cm³/mol. The number of amides is 2. The summed E-state index contributed by atoms with van der Waals surface area (Å²) in [7, 11) is 0. The highest BCUT2D eigenvalue weighted by atomic mass is 16.2. The molecular weight excluding hydrogens is 326 g/mol. The first-order valence-corrected chi connectivity index (χ1v) is 8.27. The Kier molecular flexibility index (Phi) is 5.63. The van der Waals surface area contributed by atoms with E-state index < -0.39 is 0 Å². The van der Waals surface area contributed by atoms with E-state index in [9.17, 15) is 4.79 Å². The van der Waals surface area contributed by atoms with Crippen molar-refractivity contribution in [1.82, 2.24) is 25.6 Å². The van der Waals surface area contributed by atoms with Gasteiger partial charge in [0.15, 0.2) is 0 Å². The van der Waals surface area contributed by atoms with Gasteiger partial charge in [-0.3, -0.25) is 0 Å². The minimum atomic E-state index is -0.250. The van der Waals surface area contributed by atoms with Crippen LogP contribution >= 0.6 is 0 Å². The van der Waals surface area contributed by atoms with Crippen LogP contribution in [0.2, 0.25) is 0 Å². The molecule has 2 amide bonds. The molecule has 3 rings (SSSR count). The molecule has 0 spiro atoms. The zero-order valence-electron chi connectivity index (χ0n) is 14.4. The van der Waals surface area contributed by atoms with Gasteiger partial charge in [-0.1, -0.05) is 47.4 Å². The highest BCUT2D eigenvalue weighted by molar-refractivity contribution is 5.74. The maximum atomic E-state index is 12.0. The van der Waals surface area contributed by atoms with Crippen LogP contribution in [0.4, 0.5) is 4.79 Å². The molecule has 1 aromatic heterocycles. The first kappa shape index (κ1) is 17.2. The molecule has 0 saturated heterocycles. The van der Waals surface area contributed by atoms with E-state index >= 15 is 0 Å².